The molecule has 0 aromatic heterocycles. The number of likely N-dealkylation sites (tertiary alicyclic amines) is 1. The summed E-state index contributed by atoms with van der Waals surface area (Å²) in [6, 6.07) is 17.4. The van der Waals surface area contributed by atoms with Crippen LogP contribution < -0.4 is 4.90 Å². The number of anilines is 1. The maximum atomic E-state index is 13.6. The lowest BCUT2D eigenvalue weighted by molar-refractivity contribution is -0.144. The Balaban J connectivity index is 1.35. The maximum Gasteiger partial charge on any atom is 0.253 e. The number of amides is 2. The van der Waals surface area contributed by atoms with Gasteiger partial charge in [0, 0.05) is 17.3 Å². The van der Waals surface area contributed by atoms with Gasteiger partial charge in [0.2, 0.25) is 5.91 Å². The van der Waals surface area contributed by atoms with Gasteiger partial charge in [0.05, 0.1) is 18.5 Å². The number of nitrogens with zero attached hydrogens (tertiary/aromatic N) is 2. The number of ether oxygens (including phenoxy) is 1. The van der Waals surface area contributed by atoms with E-state index in [4.69, 9.17) is 16.3 Å². The molecule has 2 aromatic rings. The van der Waals surface area contributed by atoms with Crippen molar-refractivity contribution in [2.45, 2.75) is 36.7 Å². The van der Waals surface area contributed by atoms with E-state index in [0.29, 0.717) is 24.7 Å². The summed E-state index contributed by atoms with van der Waals surface area (Å²) in [5.41, 5.74) is 0.991. The quantitative estimate of drug-likeness (QED) is 0.753. The third kappa shape index (κ3) is 3.21. The van der Waals surface area contributed by atoms with E-state index in [9.17, 15) is 9.59 Å². The van der Waals surface area contributed by atoms with Crippen LogP contribution in [0.25, 0.3) is 0 Å². The summed E-state index contributed by atoms with van der Waals surface area (Å²) in [6.07, 6.45) is 3.53. The fraction of sp³-hybridized carbons (Fsp3) is 0.417. The second-order valence-corrected chi connectivity index (χ2v) is 9.14. The minimum absolute atomic E-state index is 0.0340. The molecule has 1 atom stereocenters. The Kier molecular flexibility index (Phi) is 4.83. The van der Waals surface area contributed by atoms with Crippen LogP contribution in [-0.4, -0.2) is 48.6 Å². The molecule has 1 spiro atoms. The summed E-state index contributed by atoms with van der Waals surface area (Å²) >= 11 is 6.06. The first kappa shape index (κ1) is 19.6. The standard InChI is InChI=1S/C24H25ClN2O3/c25-19-9-7-18(8-10-19)24(11-4-12-24)22(29)26-14-13-23(16-26)17-27(21(28)15-30-23)20-5-2-1-3-6-20/h1-3,5-10H,4,11-17H2. The molecule has 2 amide bonds. The first-order chi connectivity index (χ1) is 14.5. The Morgan fingerprint density at radius 2 is 1.70 bits per heavy atom. The molecular weight excluding hydrogens is 400 g/mol. The second kappa shape index (κ2) is 7.40. The van der Waals surface area contributed by atoms with Crippen LogP contribution in [0.15, 0.2) is 54.6 Å². The van der Waals surface area contributed by atoms with Crippen LogP contribution in [0.4, 0.5) is 5.69 Å². The lowest BCUT2D eigenvalue weighted by Crippen LogP contribution is -2.57. The molecular formula is C24H25ClN2O3. The van der Waals surface area contributed by atoms with Gasteiger partial charge >= 0.3 is 0 Å². The normalized spacial score (nSPS) is 25.4. The summed E-state index contributed by atoms with van der Waals surface area (Å²) in [6.45, 7) is 1.72. The van der Waals surface area contributed by atoms with Gasteiger partial charge in [-0.25, -0.2) is 0 Å². The third-order valence-electron chi connectivity index (χ3n) is 6.93. The minimum Gasteiger partial charge on any atom is -0.361 e. The summed E-state index contributed by atoms with van der Waals surface area (Å²) < 4.78 is 6.05. The Hall–Kier alpha value is -2.37. The van der Waals surface area contributed by atoms with E-state index in [1.807, 2.05) is 59.5 Å². The third-order valence-corrected chi connectivity index (χ3v) is 7.19. The summed E-state index contributed by atoms with van der Waals surface area (Å²) in [7, 11) is 0. The number of morpholine rings is 1. The van der Waals surface area contributed by atoms with Gasteiger partial charge < -0.3 is 14.5 Å². The summed E-state index contributed by atoms with van der Waals surface area (Å²) in [5, 5.41) is 0.682. The van der Waals surface area contributed by atoms with Crippen molar-refractivity contribution in [3.05, 3.63) is 65.2 Å². The van der Waals surface area contributed by atoms with Crippen LogP contribution in [0, 0.1) is 0 Å². The van der Waals surface area contributed by atoms with Crippen LogP contribution in [-0.2, 0) is 19.7 Å². The highest BCUT2D eigenvalue weighted by Gasteiger charge is 2.52. The molecule has 0 bridgehead atoms. The zero-order chi connectivity index (χ0) is 20.8. The van der Waals surface area contributed by atoms with Gasteiger partial charge in [0.15, 0.2) is 0 Å². The first-order valence-electron chi connectivity index (χ1n) is 10.6. The van der Waals surface area contributed by atoms with Crippen molar-refractivity contribution in [2.24, 2.45) is 0 Å². The van der Waals surface area contributed by atoms with Crippen molar-refractivity contribution in [3.8, 4) is 0 Å². The van der Waals surface area contributed by atoms with Gasteiger partial charge in [-0.1, -0.05) is 48.4 Å². The van der Waals surface area contributed by atoms with E-state index in [1.54, 1.807) is 4.90 Å². The highest BCUT2D eigenvalue weighted by molar-refractivity contribution is 6.30. The molecule has 6 heteroatoms. The predicted molar refractivity (Wildman–Crippen MR) is 116 cm³/mol. The molecule has 2 heterocycles. The molecule has 1 unspecified atom stereocenters. The van der Waals surface area contributed by atoms with E-state index < -0.39 is 11.0 Å². The molecule has 2 aromatic carbocycles. The summed E-state index contributed by atoms with van der Waals surface area (Å²) in [5.74, 6) is 0.146. The van der Waals surface area contributed by atoms with Crippen LogP contribution >= 0.6 is 11.6 Å². The van der Waals surface area contributed by atoms with Crippen molar-refractivity contribution < 1.29 is 14.3 Å². The Labute approximate surface area is 181 Å². The Morgan fingerprint density at radius 1 is 0.967 bits per heavy atom. The van der Waals surface area contributed by atoms with Gasteiger partial charge in [0.1, 0.15) is 12.2 Å². The number of rotatable bonds is 3. The number of carbonyl (C=O) groups excluding carboxylic acids is 2. The molecule has 30 heavy (non-hydrogen) atoms. The van der Waals surface area contributed by atoms with E-state index in [1.165, 1.54) is 0 Å². The van der Waals surface area contributed by atoms with Gasteiger partial charge in [-0.2, -0.15) is 0 Å². The van der Waals surface area contributed by atoms with E-state index in [0.717, 1.165) is 36.9 Å². The fourth-order valence-corrected chi connectivity index (χ4v) is 5.18. The van der Waals surface area contributed by atoms with E-state index in [2.05, 4.69) is 0 Å². The number of halogens is 1. The maximum absolute atomic E-state index is 13.6. The molecule has 3 aliphatic rings. The smallest absolute Gasteiger partial charge is 0.253 e. The highest BCUT2D eigenvalue weighted by Crippen LogP contribution is 2.46. The molecule has 2 aliphatic heterocycles. The number of hydrogen-bond donors (Lipinski definition) is 0. The zero-order valence-corrected chi connectivity index (χ0v) is 17.6. The SMILES string of the molecule is O=C1COC2(CCN(C(=O)C3(c4ccc(Cl)cc4)CCC3)C2)CN1c1ccccc1. The molecule has 5 rings (SSSR count). The largest absolute Gasteiger partial charge is 0.361 e. The van der Waals surface area contributed by atoms with Gasteiger partial charge in [-0.05, 0) is 49.1 Å². The molecule has 0 N–H and O–H groups in total. The van der Waals surface area contributed by atoms with E-state index in [-0.39, 0.29) is 18.4 Å². The van der Waals surface area contributed by atoms with Gasteiger partial charge in [-0.15, -0.1) is 0 Å². The van der Waals surface area contributed by atoms with Crippen LogP contribution in [0.1, 0.15) is 31.2 Å². The molecule has 2 saturated heterocycles. The second-order valence-electron chi connectivity index (χ2n) is 8.71. The highest BCUT2D eigenvalue weighted by atomic mass is 35.5. The van der Waals surface area contributed by atoms with Crippen molar-refractivity contribution in [1.82, 2.24) is 4.90 Å². The molecule has 3 fully saturated rings. The molecule has 1 aliphatic carbocycles. The van der Waals surface area contributed by atoms with Crippen LogP contribution in [0.5, 0.6) is 0 Å². The molecule has 156 valence electrons. The van der Waals surface area contributed by atoms with Crippen LogP contribution in [0.2, 0.25) is 5.02 Å². The van der Waals surface area contributed by atoms with Crippen molar-refractivity contribution in [1.29, 1.82) is 0 Å². The molecule has 5 nitrogen and oxygen atoms in total. The Bertz CT molecular complexity index is 958. The predicted octanol–water partition coefficient (Wildman–Crippen LogP) is 3.80. The topological polar surface area (TPSA) is 49.9 Å². The minimum atomic E-state index is -0.496. The number of hydrogen-bond acceptors (Lipinski definition) is 3. The molecule has 1 saturated carbocycles. The van der Waals surface area contributed by atoms with E-state index >= 15 is 0 Å². The van der Waals surface area contributed by atoms with Crippen molar-refractivity contribution in [3.63, 3.8) is 0 Å². The number of benzene rings is 2. The molecule has 0 radical (unpaired) electrons. The number of carbonyl (C=O) groups is 2. The lowest BCUT2D eigenvalue weighted by Gasteiger charge is -2.44. The van der Waals surface area contributed by atoms with Crippen LogP contribution in [0.3, 0.4) is 0 Å². The average Bonchev–Trinajstić information content (AvgIpc) is 3.15. The monoisotopic (exact) mass is 424 g/mol. The Morgan fingerprint density at radius 3 is 2.37 bits per heavy atom. The van der Waals surface area contributed by atoms with Crippen molar-refractivity contribution in [2.75, 3.05) is 31.1 Å². The fourth-order valence-electron chi connectivity index (χ4n) is 5.05. The van der Waals surface area contributed by atoms with Gasteiger partial charge in [-0.3, -0.25) is 9.59 Å². The lowest BCUT2D eigenvalue weighted by atomic mass is 9.63. The summed E-state index contributed by atoms with van der Waals surface area (Å²) in [4.78, 5) is 29.9. The average molecular weight is 425 g/mol. The van der Waals surface area contributed by atoms with Gasteiger partial charge in [0.25, 0.3) is 5.91 Å². The number of para-hydroxylation sites is 1. The zero-order valence-electron chi connectivity index (χ0n) is 16.9. The first-order valence-corrected chi connectivity index (χ1v) is 10.9. The van der Waals surface area contributed by atoms with Crippen molar-refractivity contribution >= 4 is 29.1 Å².